The lowest BCUT2D eigenvalue weighted by molar-refractivity contribution is 0.605. The van der Waals surface area contributed by atoms with Crippen molar-refractivity contribution in [3.8, 4) is 0 Å². The largest absolute Gasteiger partial charge is 0.324 e. The maximum atomic E-state index is 13.2. The summed E-state index contributed by atoms with van der Waals surface area (Å²) < 4.78 is 13.7. The molecule has 12 heavy (non-hydrogen) atoms. The van der Waals surface area contributed by atoms with E-state index in [4.69, 9.17) is 5.73 Å². The molecule has 1 rings (SSSR count). The van der Waals surface area contributed by atoms with E-state index in [2.05, 4.69) is 15.9 Å². The van der Waals surface area contributed by atoms with Crippen molar-refractivity contribution in [1.29, 1.82) is 0 Å². The Kier molecular flexibility index (Phi) is 2.85. The van der Waals surface area contributed by atoms with Crippen molar-refractivity contribution >= 4 is 15.9 Å². The molecule has 3 heteroatoms. The minimum atomic E-state index is -0.218. The van der Waals surface area contributed by atoms with Gasteiger partial charge >= 0.3 is 0 Å². The minimum absolute atomic E-state index is 0.118. The van der Waals surface area contributed by atoms with Crippen molar-refractivity contribution in [3.63, 3.8) is 0 Å². The molecular weight excluding hydrogens is 221 g/mol. The van der Waals surface area contributed by atoms with Gasteiger partial charge in [0.05, 0.1) is 4.47 Å². The molecule has 0 radical (unpaired) electrons. The summed E-state index contributed by atoms with van der Waals surface area (Å²) in [7, 11) is 0. The van der Waals surface area contributed by atoms with E-state index in [1.54, 1.807) is 13.0 Å². The molecule has 0 heterocycles. The highest BCUT2D eigenvalue weighted by molar-refractivity contribution is 9.10. The molecule has 0 fully saturated rings. The third-order valence-electron chi connectivity index (χ3n) is 1.87. The van der Waals surface area contributed by atoms with Crippen LogP contribution in [0.5, 0.6) is 0 Å². The fourth-order valence-electron chi connectivity index (χ4n) is 1.16. The molecule has 0 aromatic heterocycles. The highest BCUT2D eigenvalue weighted by atomic mass is 79.9. The molecule has 1 unspecified atom stereocenters. The SMILES string of the molecule is Cc1c(C(C)N)ccc(Br)c1F. The van der Waals surface area contributed by atoms with Crippen LogP contribution in [0, 0.1) is 12.7 Å². The Morgan fingerprint density at radius 3 is 2.58 bits per heavy atom. The lowest BCUT2D eigenvalue weighted by Crippen LogP contribution is -2.08. The summed E-state index contributed by atoms with van der Waals surface area (Å²) in [5.74, 6) is -0.218. The fourth-order valence-corrected chi connectivity index (χ4v) is 1.59. The number of hydrogen-bond donors (Lipinski definition) is 1. The topological polar surface area (TPSA) is 26.0 Å². The quantitative estimate of drug-likeness (QED) is 0.791. The molecule has 0 saturated carbocycles. The first-order valence-electron chi connectivity index (χ1n) is 3.74. The zero-order valence-electron chi connectivity index (χ0n) is 7.07. The van der Waals surface area contributed by atoms with E-state index in [9.17, 15) is 4.39 Å². The molecule has 0 aliphatic heterocycles. The molecule has 2 N–H and O–H groups in total. The Balaban J connectivity index is 3.27. The van der Waals surface area contributed by atoms with Crippen molar-refractivity contribution in [2.45, 2.75) is 19.9 Å². The van der Waals surface area contributed by atoms with Crippen LogP contribution in [0.4, 0.5) is 4.39 Å². The van der Waals surface area contributed by atoms with Gasteiger partial charge in [-0.15, -0.1) is 0 Å². The van der Waals surface area contributed by atoms with Gasteiger partial charge in [-0.1, -0.05) is 6.07 Å². The summed E-state index contributed by atoms with van der Waals surface area (Å²) >= 11 is 3.11. The highest BCUT2D eigenvalue weighted by Gasteiger charge is 2.09. The molecule has 1 atom stereocenters. The van der Waals surface area contributed by atoms with Gasteiger partial charge in [0, 0.05) is 6.04 Å². The molecular formula is C9H11BrFN. The van der Waals surface area contributed by atoms with Gasteiger partial charge in [0.1, 0.15) is 5.82 Å². The lowest BCUT2D eigenvalue weighted by atomic mass is 10.0. The van der Waals surface area contributed by atoms with Crippen LogP contribution in [0.25, 0.3) is 0 Å². The molecule has 0 aliphatic rings. The number of nitrogens with two attached hydrogens (primary N) is 1. The van der Waals surface area contributed by atoms with Gasteiger partial charge in [0.15, 0.2) is 0 Å². The van der Waals surface area contributed by atoms with Gasteiger partial charge in [-0.25, -0.2) is 4.39 Å². The smallest absolute Gasteiger partial charge is 0.140 e. The lowest BCUT2D eigenvalue weighted by Gasteiger charge is -2.10. The van der Waals surface area contributed by atoms with Crippen LogP contribution in [0.15, 0.2) is 16.6 Å². The van der Waals surface area contributed by atoms with Gasteiger partial charge in [0.25, 0.3) is 0 Å². The Morgan fingerprint density at radius 2 is 2.08 bits per heavy atom. The number of benzene rings is 1. The van der Waals surface area contributed by atoms with Crippen LogP contribution in [0.3, 0.4) is 0 Å². The average molecular weight is 232 g/mol. The van der Waals surface area contributed by atoms with Crippen molar-refractivity contribution < 1.29 is 4.39 Å². The summed E-state index contributed by atoms with van der Waals surface area (Å²) in [6.45, 7) is 3.58. The van der Waals surface area contributed by atoms with Gasteiger partial charge < -0.3 is 5.73 Å². The summed E-state index contributed by atoms with van der Waals surface area (Å²) in [5.41, 5.74) is 7.13. The number of halogens is 2. The summed E-state index contributed by atoms with van der Waals surface area (Å²) in [6.07, 6.45) is 0. The first-order chi connectivity index (χ1) is 5.54. The van der Waals surface area contributed by atoms with E-state index >= 15 is 0 Å². The molecule has 0 amide bonds. The normalized spacial score (nSPS) is 13.1. The zero-order chi connectivity index (χ0) is 9.30. The second-order valence-electron chi connectivity index (χ2n) is 2.86. The average Bonchev–Trinajstić information content (AvgIpc) is 2.00. The van der Waals surface area contributed by atoms with Crippen LogP contribution in [-0.2, 0) is 0 Å². The Hall–Kier alpha value is -0.410. The van der Waals surface area contributed by atoms with Gasteiger partial charge in [-0.05, 0) is 47.0 Å². The van der Waals surface area contributed by atoms with Crippen LogP contribution in [0.2, 0.25) is 0 Å². The Bertz CT molecular complexity index is 297. The van der Waals surface area contributed by atoms with Gasteiger partial charge in [0.2, 0.25) is 0 Å². The highest BCUT2D eigenvalue weighted by Crippen LogP contribution is 2.24. The maximum absolute atomic E-state index is 13.2. The summed E-state index contributed by atoms with van der Waals surface area (Å²) in [5, 5.41) is 0. The van der Waals surface area contributed by atoms with Crippen molar-refractivity contribution in [1.82, 2.24) is 0 Å². The van der Waals surface area contributed by atoms with Gasteiger partial charge in [-0.2, -0.15) is 0 Å². The standard InChI is InChI=1S/C9H11BrFN/c1-5-7(6(2)12)3-4-8(10)9(5)11/h3-4,6H,12H2,1-2H3. The maximum Gasteiger partial charge on any atom is 0.140 e. The van der Waals surface area contributed by atoms with E-state index < -0.39 is 0 Å². The van der Waals surface area contributed by atoms with Crippen molar-refractivity contribution in [3.05, 3.63) is 33.5 Å². The van der Waals surface area contributed by atoms with Crippen molar-refractivity contribution in [2.24, 2.45) is 5.73 Å². The monoisotopic (exact) mass is 231 g/mol. The first kappa shape index (κ1) is 9.68. The Morgan fingerprint density at radius 1 is 1.50 bits per heavy atom. The zero-order valence-corrected chi connectivity index (χ0v) is 8.65. The molecule has 0 saturated heterocycles. The molecule has 1 nitrogen and oxygen atoms in total. The molecule has 1 aromatic rings. The molecule has 66 valence electrons. The number of hydrogen-bond acceptors (Lipinski definition) is 1. The van der Waals surface area contributed by atoms with E-state index in [1.165, 1.54) is 0 Å². The van der Waals surface area contributed by atoms with E-state index in [0.29, 0.717) is 10.0 Å². The molecule has 0 bridgehead atoms. The predicted molar refractivity (Wildman–Crippen MR) is 51.4 cm³/mol. The van der Waals surface area contributed by atoms with Crippen molar-refractivity contribution in [2.75, 3.05) is 0 Å². The van der Waals surface area contributed by atoms with E-state index in [-0.39, 0.29) is 11.9 Å². The second-order valence-corrected chi connectivity index (χ2v) is 3.72. The molecule has 0 aliphatic carbocycles. The predicted octanol–water partition coefficient (Wildman–Crippen LogP) is 2.92. The third kappa shape index (κ3) is 1.67. The first-order valence-corrected chi connectivity index (χ1v) is 4.53. The summed E-state index contributed by atoms with van der Waals surface area (Å²) in [4.78, 5) is 0. The minimum Gasteiger partial charge on any atom is -0.324 e. The van der Waals surface area contributed by atoms with E-state index in [1.807, 2.05) is 13.0 Å². The van der Waals surface area contributed by atoms with Crippen LogP contribution in [-0.4, -0.2) is 0 Å². The van der Waals surface area contributed by atoms with Crippen LogP contribution in [0.1, 0.15) is 24.1 Å². The molecule has 0 spiro atoms. The fraction of sp³-hybridized carbons (Fsp3) is 0.333. The second kappa shape index (κ2) is 3.54. The molecule has 1 aromatic carbocycles. The van der Waals surface area contributed by atoms with Crippen LogP contribution < -0.4 is 5.73 Å². The summed E-state index contributed by atoms with van der Waals surface area (Å²) in [6, 6.07) is 3.40. The van der Waals surface area contributed by atoms with Gasteiger partial charge in [-0.3, -0.25) is 0 Å². The third-order valence-corrected chi connectivity index (χ3v) is 2.48. The Labute approximate surface area is 79.9 Å². The van der Waals surface area contributed by atoms with Crippen LogP contribution >= 0.6 is 15.9 Å². The van der Waals surface area contributed by atoms with E-state index in [0.717, 1.165) is 5.56 Å². The number of rotatable bonds is 1.